The molecular formula is C20H34FNO2. The predicted molar refractivity (Wildman–Crippen MR) is 97.4 cm³/mol. The molecule has 1 aromatic carbocycles. The van der Waals surface area contributed by atoms with Crippen molar-refractivity contribution in [2.45, 2.75) is 53.2 Å². The summed E-state index contributed by atoms with van der Waals surface area (Å²) in [6.07, 6.45) is 1.71. The minimum Gasteiger partial charge on any atom is -0.389 e. The monoisotopic (exact) mass is 339 g/mol. The van der Waals surface area contributed by atoms with E-state index in [1.54, 1.807) is 18.2 Å². The van der Waals surface area contributed by atoms with Crippen LogP contribution in [0.5, 0.6) is 0 Å². The molecule has 0 spiro atoms. The molecule has 1 aromatic rings. The van der Waals surface area contributed by atoms with Crippen molar-refractivity contribution in [2.24, 2.45) is 11.8 Å². The number of ether oxygens (including phenoxy) is 1. The number of aliphatic hydroxyl groups excluding tert-OH is 1. The van der Waals surface area contributed by atoms with E-state index in [1.807, 2.05) is 0 Å². The zero-order valence-corrected chi connectivity index (χ0v) is 15.7. The van der Waals surface area contributed by atoms with Gasteiger partial charge >= 0.3 is 0 Å². The molecule has 1 rings (SSSR count). The number of benzene rings is 1. The molecule has 138 valence electrons. The summed E-state index contributed by atoms with van der Waals surface area (Å²) in [6, 6.07) is 6.58. The van der Waals surface area contributed by atoms with Crippen molar-refractivity contribution < 1.29 is 14.2 Å². The molecule has 0 saturated carbocycles. The lowest BCUT2D eigenvalue weighted by molar-refractivity contribution is 0.00789. The fourth-order valence-electron chi connectivity index (χ4n) is 2.45. The first-order chi connectivity index (χ1) is 11.4. The lowest BCUT2D eigenvalue weighted by atomic mass is 10.1. The van der Waals surface area contributed by atoms with Crippen molar-refractivity contribution in [3.05, 3.63) is 35.6 Å². The second-order valence-electron chi connectivity index (χ2n) is 7.43. The van der Waals surface area contributed by atoms with Gasteiger partial charge in [0.25, 0.3) is 0 Å². The van der Waals surface area contributed by atoms with E-state index in [9.17, 15) is 9.50 Å². The topological polar surface area (TPSA) is 32.7 Å². The molecule has 3 nitrogen and oxygen atoms in total. The summed E-state index contributed by atoms with van der Waals surface area (Å²) in [5, 5.41) is 10.2. The maximum atomic E-state index is 13.5. The highest BCUT2D eigenvalue weighted by Gasteiger charge is 2.13. The molecular weight excluding hydrogens is 305 g/mol. The lowest BCUT2D eigenvalue weighted by Crippen LogP contribution is -2.37. The van der Waals surface area contributed by atoms with Crippen molar-refractivity contribution in [1.29, 1.82) is 0 Å². The Balaban J connectivity index is 2.36. The normalized spacial score (nSPS) is 13.2. The highest BCUT2D eigenvalue weighted by molar-refractivity contribution is 5.16. The fourth-order valence-corrected chi connectivity index (χ4v) is 2.45. The van der Waals surface area contributed by atoms with Crippen LogP contribution in [0, 0.1) is 17.7 Å². The Bertz CT molecular complexity index is 439. The number of hydrogen-bond acceptors (Lipinski definition) is 3. The van der Waals surface area contributed by atoms with Crippen molar-refractivity contribution in [1.82, 2.24) is 4.90 Å². The molecule has 0 aliphatic heterocycles. The van der Waals surface area contributed by atoms with Gasteiger partial charge in [-0.05, 0) is 43.8 Å². The van der Waals surface area contributed by atoms with Crippen molar-refractivity contribution in [3.8, 4) is 0 Å². The lowest BCUT2D eigenvalue weighted by Gasteiger charge is -2.26. The maximum absolute atomic E-state index is 13.5. The van der Waals surface area contributed by atoms with E-state index < -0.39 is 6.10 Å². The predicted octanol–water partition coefficient (Wildman–Crippen LogP) is 4.10. The van der Waals surface area contributed by atoms with Gasteiger partial charge in [-0.3, -0.25) is 0 Å². The van der Waals surface area contributed by atoms with Crippen LogP contribution in [0.15, 0.2) is 24.3 Å². The number of hydrogen-bond donors (Lipinski definition) is 1. The van der Waals surface area contributed by atoms with Crippen LogP contribution in [0.2, 0.25) is 0 Å². The largest absolute Gasteiger partial charge is 0.389 e. The van der Waals surface area contributed by atoms with Crippen LogP contribution >= 0.6 is 0 Å². The molecule has 1 atom stereocenters. The Morgan fingerprint density at radius 3 is 2.17 bits per heavy atom. The molecule has 0 amide bonds. The summed E-state index contributed by atoms with van der Waals surface area (Å²) in [4.78, 5) is 2.32. The van der Waals surface area contributed by atoms with Crippen LogP contribution in [0.4, 0.5) is 4.39 Å². The smallest absolute Gasteiger partial charge is 0.128 e. The van der Waals surface area contributed by atoms with Gasteiger partial charge in [0.1, 0.15) is 5.82 Å². The quantitative estimate of drug-likeness (QED) is 0.622. The molecule has 24 heavy (non-hydrogen) atoms. The molecule has 0 saturated heterocycles. The Morgan fingerprint density at radius 2 is 1.62 bits per heavy atom. The summed E-state index contributed by atoms with van der Waals surface area (Å²) in [6.45, 7) is 11.9. The first-order valence-corrected chi connectivity index (χ1v) is 9.10. The summed E-state index contributed by atoms with van der Waals surface area (Å²) in [5.74, 6) is 1.05. The summed E-state index contributed by atoms with van der Waals surface area (Å²) >= 11 is 0. The van der Waals surface area contributed by atoms with Crippen molar-refractivity contribution in [2.75, 3.05) is 26.2 Å². The summed E-state index contributed by atoms with van der Waals surface area (Å²) in [5.41, 5.74) is 0.529. The van der Waals surface area contributed by atoms with E-state index in [0.29, 0.717) is 23.9 Å². The molecule has 0 fully saturated rings. The third-order valence-corrected chi connectivity index (χ3v) is 4.04. The molecule has 1 N–H and O–H groups in total. The van der Waals surface area contributed by atoms with Gasteiger partial charge in [0.15, 0.2) is 0 Å². The molecule has 4 heteroatoms. The van der Waals surface area contributed by atoms with Gasteiger partial charge in [-0.1, -0.05) is 45.9 Å². The van der Waals surface area contributed by atoms with E-state index in [0.717, 1.165) is 25.9 Å². The molecule has 0 unspecified atom stereocenters. The van der Waals surface area contributed by atoms with E-state index in [-0.39, 0.29) is 19.0 Å². The van der Waals surface area contributed by atoms with Gasteiger partial charge in [-0.2, -0.15) is 0 Å². The molecule has 0 radical (unpaired) electrons. The highest BCUT2D eigenvalue weighted by atomic mass is 19.1. The summed E-state index contributed by atoms with van der Waals surface area (Å²) < 4.78 is 19.0. The summed E-state index contributed by atoms with van der Waals surface area (Å²) in [7, 11) is 0. The van der Waals surface area contributed by atoms with Gasteiger partial charge in [0.2, 0.25) is 0 Å². The van der Waals surface area contributed by atoms with Gasteiger partial charge in [0, 0.05) is 12.1 Å². The zero-order chi connectivity index (χ0) is 17.9. The average molecular weight is 339 g/mol. The van der Waals surface area contributed by atoms with E-state index in [1.165, 1.54) is 6.07 Å². The Hall–Kier alpha value is -0.970. The van der Waals surface area contributed by atoms with Gasteiger partial charge in [0.05, 0.1) is 19.3 Å². The van der Waals surface area contributed by atoms with Crippen LogP contribution < -0.4 is 0 Å². The number of nitrogens with zero attached hydrogens (tertiary/aromatic N) is 1. The van der Waals surface area contributed by atoms with E-state index in [4.69, 9.17) is 4.74 Å². The van der Waals surface area contributed by atoms with Crippen LogP contribution in [-0.4, -0.2) is 42.4 Å². The molecule has 0 bridgehead atoms. The average Bonchev–Trinajstić information content (AvgIpc) is 2.51. The second kappa shape index (κ2) is 11.6. The van der Waals surface area contributed by atoms with Gasteiger partial charge in [-0.25, -0.2) is 4.39 Å². The minimum atomic E-state index is -0.545. The van der Waals surface area contributed by atoms with Crippen LogP contribution in [0.3, 0.4) is 0 Å². The third-order valence-electron chi connectivity index (χ3n) is 4.04. The molecule has 0 heterocycles. The Morgan fingerprint density at radius 1 is 1.04 bits per heavy atom. The Labute approximate surface area is 146 Å². The van der Waals surface area contributed by atoms with Gasteiger partial charge in [-0.15, -0.1) is 0 Å². The van der Waals surface area contributed by atoms with Gasteiger partial charge < -0.3 is 14.7 Å². The molecule has 0 aliphatic carbocycles. The minimum absolute atomic E-state index is 0.196. The van der Waals surface area contributed by atoms with Crippen molar-refractivity contribution in [3.63, 3.8) is 0 Å². The highest BCUT2D eigenvalue weighted by Crippen LogP contribution is 2.10. The fraction of sp³-hybridized carbons (Fsp3) is 0.700. The van der Waals surface area contributed by atoms with E-state index in [2.05, 4.69) is 32.6 Å². The number of halogens is 1. The first-order valence-electron chi connectivity index (χ1n) is 9.10. The number of rotatable bonds is 12. The third kappa shape index (κ3) is 9.36. The first kappa shape index (κ1) is 21.1. The standard InChI is InChI=1S/C20H34FNO2/c1-16(2)9-11-22(12-10-17(3)4)13-19(23)15-24-14-18-7-5-6-8-20(18)21/h5-8,16-17,19,23H,9-15H2,1-4H3/t19-/m1/s1. The van der Waals surface area contributed by atoms with Crippen LogP contribution in [0.25, 0.3) is 0 Å². The Kier molecular flexibility index (Phi) is 10.2. The van der Waals surface area contributed by atoms with E-state index >= 15 is 0 Å². The maximum Gasteiger partial charge on any atom is 0.128 e. The SMILES string of the molecule is CC(C)CCN(CCC(C)C)C[C@@H](O)COCc1ccccc1F. The second-order valence-corrected chi connectivity index (χ2v) is 7.43. The molecule has 0 aliphatic rings. The van der Waals surface area contributed by atoms with Crippen LogP contribution in [-0.2, 0) is 11.3 Å². The van der Waals surface area contributed by atoms with Crippen LogP contribution in [0.1, 0.15) is 46.1 Å². The number of aliphatic hydroxyl groups is 1. The van der Waals surface area contributed by atoms with Crippen molar-refractivity contribution >= 4 is 0 Å². The molecule has 0 aromatic heterocycles. The zero-order valence-electron chi connectivity index (χ0n) is 15.7.